The van der Waals surface area contributed by atoms with Gasteiger partial charge in [0.2, 0.25) is 0 Å². The van der Waals surface area contributed by atoms with Gasteiger partial charge in [-0.25, -0.2) is 5.43 Å². The number of benzene rings is 2. The molecular weight excluding hydrogens is 428 g/mol. The van der Waals surface area contributed by atoms with Crippen LogP contribution in [-0.4, -0.2) is 17.2 Å². The molecule has 29 heavy (non-hydrogen) atoms. The average Bonchev–Trinajstić information content (AvgIpc) is 2.68. The minimum atomic E-state index is -0.273. The fourth-order valence-corrected chi connectivity index (χ4v) is 6.54. The summed E-state index contributed by atoms with van der Waals surface area (Å²) in [6.07, 6.45) is 9.62. The Morgan fingerprint density at radius 3 is 2.28 bits per heavy atom. The second kappa shape index (κ2) is 7.28. The lowest BCUT2D eigenvalue weighted by Gasteiger charge is -2.57. The molecule has 0 unspecified atom stereocenters. The molecule has 4 aliphatic carbocycles. The third-order valence-electron chi connectivity index (χ3n) is 7.15. The third kappa shape index (κ3) is 3.61. The van der Waals surface area contributed by atoms with Gasteiger partial charge in [-0.2, -0.15) is 5.10 Å². The largest absolute Gasteiger partial charge is 0.507 e. The van der Waals surface area contributed by atoms with Crippen molar-refractivity contribution >= 4 is 28.1 Å². The van der Waals surface area contributed by atoms with E-state index >= 15 is 0 Å². The van der Waals surface area contributed by atoms with Crippen molar-refractivity contribution in [1.29, 1.82) is 0 Å². The Kier molecular flexibility index (Phi) is 4.73. The van der Waals surface area contributed by atoms with Gasteiger partial charge in [-0.05, 0) is 104 Å². The summed E-state index contributed by atoms with van der Waals surface area (Å²) in [7, 11) is 0. The second-order valence-corrected chi connectivity index (χ2v) is 10.1. The lowest BCUT2D eigenvalue weighted by molar-refractivity contribution is -0.00520. The molecule has 5 heteroatoms. The minimum Gasteiger partial charge on any atom is -0.507 e. The molecule has 4 bridgehead atoms. The normalized spacial score (nSPS) is 30.0. The van der Waals surface area contributed by atoms with Gasteiger partial charge in [0.15, 0.2) is 0 Å². The minimum absolute atomic E-state index is 0.195. The molecule has 4 saturated carbocycles. The summed E-state index contributed by atoms with van der Waals surface area (Å²) in [5.41, 5.74) is 5.35. The molecule has 0 aliphatic heterocycles. The Balaban J connectivity index is 1.34. The van der Waals surface area contributed by atoms with Crippen LogP contribution >= 0.6 is 15.9 Å². The Morgan fingerprint density at radius 2 is 1.66 bits per heavy atom. The molecule has 0 aromatic heterocycles. The molecule has 0 heterocycles. The summed E-state index contributed by atoms with van der Waals surface area (Å²) in [5, 5.41) is 14.4. The number of hydrazone groups is 1. The van der Waals surface area contributed by atoms with Crippen LogP contribution in [0.5, 0.6) is 5.75 Å². The van der Waals surface area contributed by atoms with Crippen LogP contribution in [0.1, 0.15) is 60.0 Å². The number of hydrogen-bond donors (Lipinski definition) is 2. The van der Waals surface area contributed by atoms with E-state index < -0.39 is 0 Å². The molecule has 2 aromatic carbocycles. The number of carbonyl (C=O) groups is 1. The fourth-order valence-electron chi connectivity index (χ4n) is 6.28. The Bertz CT molecular complexity index is 932. The van der Waals surface area contributed by atoms with E-state index in [0.29, 0.717) is 11.1 Å². The van der Waals surface area contributed by atoms with Crippen molar-refractivity contribution in [3.05, 3.63) is 63.6 Å². The number of phenolic OH excluding ortho intramolecular Hbond substituents is 1. The number of rotatable bonds is 4. The van der Waals surface area contributed by atoms with Crippen molar-refractivity contribution in [2.45, 2.75) is 43.9 Å². The zero-order chi connectivity index (χ0) is 20.0. The highest BCUT2D eigenvalue weighted by molar-refractivity contribution is 9.10. The van der Waals surface area contributed by atoms with Crippen molar-refractivity contribution in [2.75, 3.05) is 0 Å². The van der Waals surface area contributed by atoms with Crippen LogP contribution in [0, 0.1) is 17.8 Å². The zero-order valence-electron chi connectivity index (χ0n) is 16.3. The second-order valence-electron chi connectivity index (χ2n) is 9.18. The smallest absolute Gasteiger partial charge is 0.271 e. The summed E-state index contributed by atoms with van der Waals surface area (Å²) >= 11 is 3.36. The summed E-state index contributed by atoms with van der Waals surface area (Å²) < 4.78 is 0.920. The molecule has 0 radical (unpaired) electrons. The third-order valence-corrected chi connectivity index (χ3v) is 7.68. The fraction of sp³-hybridized carbons (Fsp3) is 0.417. The molecule has 0 saturated heterocycles. The van der Waals surface area contributed by atoms with E-state index in [9.17, 15) is 9.90 Å². The lowest BCUT2D eigenvalue weighted by Crippen LogP contribution is -2.48. The van der Waals surface area contributed by atoms with E-state index in [-0.39, 0.29) is 17.1 Å². The molecule has 4 fully saturated rings. The highest BCUT2D eigenvalue weighted by Crippen LogP contribution is 2.60. The SMILES string of the molecule is O=C(N/N=C/c1cc(C23CC4CC(CC(C4)C2)C3)ccc1O)c1ccc(Br)cc1. The van der Waals surface area contributed by atoms with Gasteiger partial charge in [0.1, 0.15) is 5.75 Å². The van der Waals surface area contributed by atoms with Crippen LogP contribution in [0.25, 0.3) is 0 Å². The first kappa shape index (κ1) is 18.9. The van der Waals surface area contributed by atoms with E-state index in [1.807, 2.05) is 12.1 Å². The topological polar surface area (TPSA) is 61.7 Å². The summed E-state index contributed by atoms with van der Waals surface area (Å²) in [6.45, 7) is 0. The van der Waals surface area contributed by atoms with Crippen LogP contribution in [-0.2, 0) is 5.41 Å². The first-order valence-corrected chi connectivity index (χ1v) is 11.2. The Labute approximate surface area is 179 Å². The summed E-state index contributed by atoms with van der Waals surface area (Å²) in [5.74, 6) is 2.54. The molecule has 4 aliphatic rings. The maximum atomic E-state index is 12.2. The van der Waals surface area contributed by atoms with Gasteiger partial charge in [0.05, 0.1) is 6.21 Å². The van der Waals surface area contributed by atoms with Crippen molar-refractivity contribution in [2.24, 2.45) is 22.9 Å². The number of aromatic hydroxyl groups is 1. The summed E-state index contributed by atoms with van der Waals surface area (Å²) in [4.78, 5) is 12.2. The van der Waals surface area contributed by atoms with E-state index in [0.717, 1.165) is 22.2 Å². The lowest BCUT2D eigenvalue weighted by atomic mass is 9.48. The van der Waals surface area contributed by atoms with E-state index in [1.54, 1.807) is 24.4 Å². The average molecular weight is 453 g/mol. The molecule has 1 amide bonds. The van der Waals surface area contributed by atoms with Gasteiger partial charge in [-0.1, -0.05) is 22.0 Å². The zero-order valence-corrected chi connectivity index (χ0v) is 17.9. The van der Waals surface area contributed by atoms with Crippen molar-refractivity contribution in [3.63, 3.8) is 0 Å². The first-order chi connectivity index (χ1) is 14.0. The number of nitrogens with zero attached hydrogens (tertiary/aromatic N) is 1. The number of halogens is 1. The number of amides is 1. The maximum Gasteiger partial charge on any atom is 0.271 e. The number of nitrogens with one attached hydrogen (secondary N) is 1. The van der Waals surface area contributed by atoms with E-state index in [2.05, 4.69) is 38.6 Å². The quantitative estimate of drug-likeness (QED) is 0.482. The molecule has 150 valence electrons. The molecular formula is C24H25BrN2O2. The van der Waals surface area contributed by atoms with Crippen molar-refractivity contribution < 1.29 is 9.90 Å². The predicted octanol–water partition coefficient (Wildman–Crippen LogP) is 5.39. The Morgan fingerprint density at radius 1 is 1.03 bits per heavy atom. The van der Waals surface area contributed by atoms with Gasteiger partial charge < -0.3 is 5.11 Å². The van der Waals surface area contributed by atoms with Gasteiger partial charge in [-0.15, -0.1) is 0 Å². The molecule has 2 aromatic rings. The standard InChI is InChI=1S/C24H25BrN2O2/c25-21-4-1-18(2-5-21)23(29)27-26-14-19-10-20(3-6-22(19)28)24-11-15-7-16(12-24)9-17(8-15)13-24/h1-6,10,14-17,28H,7-9,11-13H2,(H,27,29)/b26-14+. The predicted molar refractivity (Wildman–Crippen MR) is 117 cm³/mol. The highest BCUT2D eigenvalue weighted by atomic mass is 79.9. The van der Waals surface area contributed by atoms with Crippen molar-refractivity contribution in [3.8, 4) is 5.75 Å². The van der Waals surface area contributed by atoms with Crippen LogP contribution in [0.2, 0.25) is 0 Å². The van der Waals surface area contributed by atoms with Gasteiger partial charge in [0.25, 0.3) is 5.91 Å². The molecule has 0 atom stereocenters. The van der Waals surface area contributed by atoms with Gasteiger partial charge >= 0.3 is 0 Å². The number of carbonyl (C=O) groups excluding carboxylic acids is 1. The first-order valence-electron chi connectivity index (χ1n) is 10.4. The maximum absolute atomic E-state index is 12.2. The molecule has 4 nitrogen and oxygen atoms in total. The van der Waals surface area contributed by atoms with Crippen LogP contribution < -0.4 is 5.43 Å². The number of hydrogen-bond acceptors (Lipinski definition) is 3. The van der Waals surface area contributed by atoms with E-state index in [4.69, 9.17) is 0 Å². The van der Waals surface area contributed by atoms with Crippen LogP contribution in [0.4, 0.5) is 0 Å². The number of phenols is 1. The molecule has 6 rings (SSSR count). The van der Waals surface area contributed by atoms with Crippen LogP contribution in [0.3, 0.4) is 0 Å². The Hall–Kier alpha value is -2.14. The van der Waals surface area contributed by atoms with E-state index in [1.165, 1.54) is 44.1 Å². The molecule has 2 N–H and O–H groups in total. The molecule has 0 spiro atoms. The summed E-state index contributed by atoms with van der Waals surface area (Å²) in [6, 6.07) is 13.1. The van der Waals surface area contributed by atoms with Gasteiger partial charge in [0, 0.05) is 15.6 Å². The highest BCUT2D eigenvalue weighted by Gasteiger charge is 2.51. The van der Waals surface area contributed by atoms with Crippen LogP contribution in [0.15, 0.2) is 52.0 Å². The monoisotopic (exact) mass is 452 g/mol. The van der Waals surface area contributed by atoms with Crippen molar-refractivity contribution in [1.82, 2.24) is 5.43 Å². The van der Waals surface area contributed by atoms with Gasteiger partial charge in [-0.3, -0.25) is 4.79 Å².